The van der Waals surface area contributed by atoms with Crippen LogP contribution in [0.15, 0.2) is 24.3 Å². The van der Waals surface area contributed by atoms with Crippen LogP contribution >= 0.6 is 0 Å². The predicted octanol–water partition coefficient (Wildman–Crippen LogP) is 17.5. The van der Waals surface area contributed by atoms with Crippen LogP contribution in [-0.2, 0) is 14.3 Å². The average Bonchev–Trinajstić information content (AvgIpc) is 3.29. The van der Waals surface area contributed by atoms with Gasteiger partial charge in [0.15, 0.2) is 0 Å². The summed E-state index contributed by atoms with van der Waals surface area (Å²) >= 11 is 0. The van der Waals surface area contributed by atoms with Crippen molar-refractivity contribution in [1.29, 1.82) is 0 Å². The van der Waals surface area contributed by atoms with Gasteiger partial charge in [0.2, 0.25) is 5.91 Å². The molecule has 0 aliphatic carbocycles. The lowest BCUT2D eigenvalue weighted by atomic mass is 10.0. The Morgan fingerprint density at radius 1 is 0.422 bits per heavy atom. The van der Waals surface area contributed by atoms with Gasteiger partial charge in [-0.15, -0.1) is 0 Å². The van der Waals surface area contributed by atoms with E-state index < -0.39 is 12.1 Å². The van der Waals surface area contributed by atoms with Crippen molar-refractivity contribution >= 4 is 11.9 Å². The van der Waals surface area contributed by atoms with Crippen molar-refractivity contribution in [2.75, 3.05) is 13.2 Å². The molecule has 3 N–H and O–H groups in total. The van der Waals surface area contributed by atoms with Crippen LogP contribution in [0.5, 0.6) is 0 Å². The van der Waals surface area contributed by atoms with E-state index in [9.17, 15) is 19.8 Å². The summed E-state index contributed by atoms with van der Waals surface area (Å²) in [5.74, 6) is -0.0607. The molecule has 0 heterocycles. The maximum Gasteiger partial charge on any atom is 0.305 e. The van der Waals surface area contributed by atoms with Crippen molar-refractivity contribution in [1.82, 2.24) is 5.32 Å². The number of hydrogen-bond acceptors (Lipinski definition) is 5. The van der Waals surface area contributed by atoms with Crippen molar-refractivity contribution in [3.8, 4) is 0 Å². The van der Waals surface area contributed by atoms with E-state index in [0.29, 0.717) is 19.4 Å². The van der Waals surface area contributed by atoms with Gasteiger partial charge in [-0.05, 0) is 57.8 Å². The second kappa shape index (κ2) is 54.0. The molecule has 0 spiro atoms. The Hall–Kier alpha value is -1.66. The number of ether oxygens (including phenoxy) is 1. The lowest BCUT2D eigenvalue weighted by molar-refractivity contribution is -0.143. The quantitative estimate of drug-likeness (QED) is 0.0321. The van der Waals surface area contributed by atoms with Crippen molar-refractivity contribution in [3.63, 3.8) is 0 Å². The largest absolute Gasteiger partial charge is 0.466 e. The van der Waals surface area contributed by atoms with Gasteiger partial charge in [0, 0.05) is 12.8 Å². The molecule has 2 atom stereocenters. The van der Waals surface area contributed by atoms with E-state index in [0.717, 1.165) is 38.5 Å². The van der Waals surface area contributed by atoms with Crippen molar-refractivity contribution in [2.24, 2.45) is 0 Å². The lowest BCUT2D eigenvalue weighted by Gasteiger charge is -2.20. The van der Waals surface area contributed by atoms with Crippen LogP contribution < -0.4 is 5.32 Å². The minimum absolute atomic E-state index is 0.0134. The minimum Gasteiger partial charge on any atom is -0.466 e. The zero-order chi connectivity index (χ0) is 46.5. The van der Waals surface area contributed by atoms with E-state index in [1.165, 1.54) is 244 Å². The van der Waals surface area contributed by atoms with E-state index in [-0.39, 0.29) is 18.5 Å². The summed E-state index contributed by atoms with van der Waals surface area (Å²) in [6.45, 7) is 4.89. The van der Waals surface area contributed by atoms with Gasteiger partial charge in [0.05, 0.1) is 25.4 Å². The summed E-state index contributed by atoms with van der Waals surface area (Å²) in [5, 5.41) is 23.0. The third kappa shape index (κ3) is 49.8. The highest BCUT2D eigenvalue weighted by Crippen LogP contribution is 2.16. The third-order valence-electron chi connectivity index (χ3n) is 13.2. The second-order valence-corrected chi connectivity index (χ2v) is 19.6. The van der Waals surface area contributed by atoms with Gasteiger partial charge < -0.3 is 20.3 Å². The number of amides is 1. The SMILES string of the molecule is CCCCCCCCCC/C=C/C(O)C(CO)NC(=O)CCCCCCCCCC/C=C\CCCCCCCCCCCCCCOC(=O)CCCCCCCCCCCCCCC. The molecule has 0 aromatic carbocycles. The highest BCUT2D eigenvalue weighted by atomic mass is 16.5. The fourth-order valence-electron chi connectivity index (χ4n) is 8.81. The Morgan fingerprint density at radius 2 is 0.734 bits per heavy atom. The molecular weight excluding hydrogens is 791 g/mol. The molecule has 1 amide bonds. The van der Waals surface area contributed by atoms with Crippen molar-refractivity contribution in [2.45, 2.75) is 321 Å². The summed E-state index contributed by atoms with van der Waals surface area (Å²) in [6.07, 6.45) is 65.0. The maximum absolute atomic E-state index is 12.4. The number of unbranched alkanes of at least 4 members (excludes halogenated alkanes) is 40. The normalized spacial score (nSPS) is 12.8. The summed E-state index contributed by atoms with van der Waals surface area (Å²) in [4.78, 5) is 24.4. The molecule has 0 aromatic rings. The van der Waals surface area contributed by atoms with Gasteiger partial charge in [-0.1, -0.05) is 263 Å². The molecule has 0 bridgehead atoms. The van der Waals surface area contributed by atoms with Gasteiger partial charge in [-0.3, -0.25) is 9.59 Å². The first-order valence-electron chi connectivity index (χ1n) is 28.6. The average molecular weight is 903 g/mol. The molecule has 0 rings (SSSR count). The lowest BCUT2D eigenvalue weighted by Crippen LogP contribution is -2.45. The Labute approximate surface area is 399 Å². The van der Waals surface area contributed by atoms with E-state index in [1.54, 1.807) is 6.08 Å². The molecule has 0 fully saturated rings. The molecule has 378 valence electrons. The topological polar surface area (TPSA) is 95.9 Å². The molecule has 0 saturated carbocycles. The number of aliphatic hydroxyl groups is 2. The smallest absolute Gasteiger partial charge is 0.305 e. The van der Waals surface area contributed by atoms with Gasteiger partial charge >= 0.3 is 5.97 Å². The highest BCUT2D eigenvalue weighted by Gasteiger charge is 2.18. The summed E-state index contributed by atoms with van der Waals surface area (Å²) in [7, 11) is 0. The first kappa shape index (κ1) is 62.3. The summed E-state index contributed by atoms with van der Waals surface area (Å²) < 4.78 is 5.47. The molecule has 64 heavy (non-hydrogen) atoms. The Morgan fingerprint density at radius 3 is 1.11 bits per heavy atom. The molecule has 0 radical (unpaired) electrons. The molecule has 0 aliphatic heterocycles. The Kier molecular flexibility index (Phi) is 52.6. The van der Waals surface area contributed by atoms with E-state index >= 15 is 0 Å². The van der Waals surface area contributed by atoms with Gasteiger partial charge in [-0.25, -0.2) is 0 Å². The maximum atomic E-state index is 12.4. The monoisotopic (exact) mass is 902 g/mol. The number of allylic oxidation sites excluding steroid dienone is 3. The van der Waals surface area contributed by atoms with Crippen molar-refractivity contribution in [3.05, 3.63) is 24.3 Å². The first-order chi connectivity index (χ1) is 31.5. The number of esters is 1. The van der Waals surface area contributed by atoms with E-state index in [1.807, 2.05) is 6.08 Å². The summed E-state index contributed by atoms with van der Waals surface area (Å²) in [5.41, 5.74) is 0. The molecule has 0 saturated heterocycles. The predicted molar refractivity (Wildman–Crippen MR) is 278 cm³/mol. The molecule has 6 nitrogen and oxygen atoms in total. The highest BCUT2D eigenvalue weighted by molar-refractivity contribution is 5.76. The van der Waals surface area contributed by atoms with Crippen LogP contribution in [0.2, 0.25) is 0 Å². The van der Waals surface area contributed by atoms with Crippen LogP contribution in [0, 0.1) is 0 Å². The molecule has 0 aliphatic rings. The second-order valence-electron chi connectivity index (χ2n) is 19.6. The number of hydrogen-bond donors (Lipinski definition) is 3. The number of rotatable bonds is 53. The van der Waals surface area contributed by atoms with Crippen LogP contribution in [0.3, 0.4) is 0 Å². The fraction of sp³-hybridized carbons (Fsp3) is 0.897. The van der Waals surface area contributed by atoms with E-state index in [2.05, 4.69) is 31.3 Å². The van der Waals surface area contributed by atoms with Crippen LogP contribution in [-0.4, -0.2) is 47.4 Å². The third-order valence-corrected chi connectivity index (χ3v) is 13.2. The first-order valence-corrected chi connectivity index (χ1v) is 28.6. The van der Waals surface area contributed by atoms with Crippen LogP contribution in [0.25, 0.3) is 0 Å². The van der Waals surface area contributed by atoms with E-state index in [4.69, 9.17) is 4.74 Å². The fourth-order valence-corrected chi connectivity index (χ4v) is 8.81. The molecule has 6 heteroatoms. The van der Waals surface area contributed by atoms with Crippen LogP contribution in [0.4, 0.5) is 0 Å². The number of carbonyl (C=O) groups excluding carboxylic acids is 2. The zero-order valence-corrected chi connectivity index (χ0v) is 43.0. The standard InChI is InChI=1S/C58H111NO5/c1-3-5-7-9-11-13-15-28-32-36-40-44-48-52-58(63)64-53-49-45-41-37-33-30-27-25-23-21-19-17-16-18-20-22-24-26-29-31-35-39-43-47-51-57(62)59-55(54-60)56(61)50-46-42-38-34-14-12-10-8-6-4-2/h18,20,46,50,55-56,60-61H,3-17,19,21-45,47-49,51-54H2,1-2H3,(H,59,62)/b20-18-,50-46+. The minimum atomic E-state index is -0.845. The Bertz CT molecular complexity index is 997. The molecule has 0 aromatic heterocycles. The van der Waals surface area contributed by atoms with Crippen molar-refractivity contribution < 1.29 is 24.5 Å². The zero-order valence-electron chi connectivity index (χ0n) is 43.0. The van der Waals surface area contributed by atoms with Gasteiger partial charge in [-0.2, -0.15) is 0 Å². The molecule has 2 unspecified atom stereocenters. The number of carbonyl (C=O) groups is 2. The van der Waals surface area contributed by atoms with Gasteiger partial charge in [0.25, 0.3) is 0 Å². The number of nitrogens with one attached hydrogen (secondary N) is 1. The number of aliphatic hydroxyl groups excluding tert-OH is 2. The summed E-state index contributed by atoms with van der Waals surface area (Å²) in [6, 6.07) is -0.629. The van der Waals surface area contributed by atoms with Crippen LogP contribution in [0.1, 0.15) is 309 Å². The molecular formula is C58H111NO5. The van der Waals surface area contributed by atoms with Gasteiger partial charge in [0.1, 0.15) is 0 Å². The Balaban J connectivity index is 3.39.